The number of pyridine rings is 1. The highest BCUT2D eigenvalue weighted by Gasteiger charge is 2.33. The zero-order chi connectivity index (χ0) is 22.7. The number of likely N-dealkylation sites (tertiary alicyclic amines) is 1. The first-order valence-electron chi connectivity index (χ1n) is 9.99. The molecule has 0 radical (unpaired) electrons. The zero-order valence-electron chi connectivity index (χ0n) is 17.3. The van der Waals surface area contributed by atoms with Crippen molar-refractivity contribution in [1.29, 1.82) is 0 Å². The molecular weight excluding hydrogens is 416 g/mol. The van der Waals surface area contributed by atoms with E-state index in [1.54, 1.807) is 23.1 Å². The number of rotatable bonds is 5. The number of hydrogen-bond donors (Lipinski definition) is 3. The van der Waals surface area contributed by atoms with Crippen molar-refractivity contribution in [3.63, 3.8) is 0 Å². The molecule has 3 aromatic rings. The Morgan fingerprint density at radius 1 is 1.28 bits per heavy atom. The van der Waals surface area contributed by atoms with E-state index in [0.717, 1.165) is 12.8 Å². The molecular formula is C20H22N8O4. The molecule has 12 heteroatoms. The van der Waals surface area contributed by atoms with Gasteiger partial charge in [0.2, 0.25) is 5.88 Å². The number of aromatic nitrogens is 5. The summed E-state index contributed by atoms with van der Waals surface area (Å²) in [4.78, 5) is 42.7. The summed E-state index contributed by atoms with van der Waals surface area (Å²) in [5.41, 5.74) is 6.17. The highest BCUT2D eigenvalue weighted by atomic mass is 16.5. The standard InChI is InChI=1S/C20H22N8O4/c1-32-19-13(17(21)29)10-12(11-22-19)24-18(30)20(31)27-8-3-2-4-15(27)14-6-9-28(26-14)16-5-7-23-25-16/h5-7,9-11,15H,2-4,8H2,1H3,(H2,21,29)(H,23,25)(H,24,30)/t15-/m0/s1. The number of nitrogens with one attached hydrogen (secondary N) is 2. The number of amides is 3. The van der Waals surface area contributed by atoms with Crippen LogP contribution in [0.5, 0.6) is 5.88 Å². The summed E-state index contributed by atoms with van der Waals surface area (Å²) < 4.78 is 6.62. The third kappa shape index (κ3) is 4.15. The SMILES string of the molecule is COc1ncc(NC(=O)C(=O)N2CCCC[C@H]2c2ccn(-c3ccn[nH]3)n2)cc1C(N)=O. The molecule has 0 saturated carbocycles. The van der Waals surface area contributed by atoms with Gasteiger partial charge in [0.15, 0.2) is 0 Å². The van der Waals surface area contributed by atoms with Crippen LogP contribution in [0.25, 0.3) is 5.82 Å². The molecule has 1 saturated heterocycles. The van der Waals surface area contributed by atoms with Gasteiger partial charge in [-0.1, -0.05) is 0 Å². The lowest BCUT2D eigenvalue weighted by molar-refractivity contribution is -0.146. The number of nitrogens with zero attached hydrogens (tertiary/aromatic N) is 5. The summed E-state index contributed by atoms with van der Waals surface area (Å²) in [6, 6.07) is 4.58. The van der Waals surface area contributed by atoms with Crippen molar-refractivity contribution in [2.24, 2.45) is 5.73 Å². The number of carbonyl (C=O) groups excluding carboxylic acids is 3. The van der Waals surface area contributed by atoms with Gasteiger partial charge in [-0.15, -0.1) is 0 Å². The topological polar surface area (TPSA) is 161 Å². The molecule has 0 unspecified atom stereocenters. The van der Waals surface area contributed by atoms with Crippen LogP contribution in [-0.4, -0.2) is 61.2 Å². The summed E-state index contributed by atoms with van der Waals surface area (Å²) in [6.07, 6.45) is 7.07. The largest absolute Gasteiger partial charge is 0.480 e. The molecule has 1 aliphatic heterocycles. The Labute approximate surface area is 182 Å². The van der Waals surface area contributed by atoms with Crippen LogP contribution in [0, 0.1) is 0 Å². The molecule has 1 aliphatic rings. The van der Waals surface area contributed by atoms with Gasteiger partial charge in [0, 0.05) is 18.8 Å². The lowest BCUT2D eigenvalue weighted by Gasteiger charge is -2.34. The first kappa shape index (κ1) is 21.0. The van der Waals surface area contributed by atoms with Gasteiger partial charge in [-0.3, -0.25) is 19.5 Å². The molecule has 166 valence electrons. The molecule has 0 spiro atoms. The van der Waals surface area contributed by atoms with E-state index >= 15 is 0 Å². The fourth-order valence-corrected chi connectivity index (χ4v) is 3.68. The third-order valence-corrected chi connectivity index (χ3v) is 5.21. The quantitative estimate of drug-likeness (QED) is 0.496. The maximum atomic E-state index is 13.0. The number of primary amides is 1. The number of aromatic amines is 1. The number of piperidine rings is 1. The van der Waals surface area contributed by atoms with Gasteiger partial charge in [0.1, 0.15) is 11.4 Å². The fourth-order valence-electron chi connectivity index (χ4n) is 3.68. The number of ether oxygens (including phenoxy) is 1. The van der Waals surface area contributed by atoms with E-state index in [9.17, 15) is 14.4 Å². The van der Waals surface area contributed by atoms with Gasteiger partial charge in [-0.25, -0.2) is 9.67 Å². The van der Waals surface area contributed by atoms with Crippen molar-refractivity contribution in [1.82, 2.24) is 29.9 Å². The first-order chi connectivity index (χ1) is 15.5. The van der Waals surface area contributed by atoms with Crippen molar-refractivity contribution >= 4 is 23.4 Å². The zero-order valence-corrected chi connectivity index (χ0v) is 17.3. The Hall–Kier alpha value is -4.22. The average molecular weight is 438 g/mol. The highest BCUT2D eigenvalue weighted by Crippen LogP contribution is 2.30. The normalized spacial score (nSPS) is 15.9. The van der Waals surface area contributed by atoms with Crippen molar-refractivity contribution in [2.75, 3.05) is 19.0 Å². The van der Waals surface area contributed by atoms with Gasteiger partial charge < -0.3 is 20.7 Å². The number of hydrogen-bond acceptors (Lipinski definition) is 7. The lowest BCUT2D eigenvalue weighted by atomic mass is 9.99. The number of H-pyrrole nitrogens is 1. The van der Waals surface area contributed by atoms with Crippen LogP contribution in [-0.2, 0) is 9.59 Å². The van der Waals surface area contributed by atoms with E-state index in [1.165, 1.54) is 24.3 Å². The highest BCUT2D eigenvalue weighted by molar-refractivity contribution is 6.39. The summed E-state index contributed by atoms with van der Waals surface area (Å²) in [5.74, 6) is -1.57. The molecule has 32 heavy (non-hydrogen) atoms. The van der Waals surface area contributed by atoms with E-state index in [2.05, 4.69) is 25.6 Å². The van der Waals surface area contributed by atoms with Gasteiger partial charge in [-0.2, -0.15) is 10.2 Å². The molecule has 1 fully saturated rings. The van der Waals surface area contributed by atoms with Crippen LogP contribution >= 0.6 is 0 Å². The Kier molecular flexibility index (Phi) is 5.83. The van der Waals surface area contributed by atoms with Crippen molar-refractivity contribution in [3.05, 3.63) is 48.0 Å². The molecule has 4 N–H and O–H groups in total. The molecule has 12 nitrogen and oxygen atoms in total. The number of nitrogens with two attached hydrogens (primary N) is 1. The average Bonchev–Trinajstić information content (AvgIpc) is 3.50. The molecule has 4 rings (SSSR count). The minimum absolute atomic E-state index is 0.00190. The van der Waals surface area contributed by atoms with Crippen LogP contribution in [0.4, 0.5) is 5.69 Å². The van der Waals surface area contributed by atoms with Crippen molar-refractivity contribution < 1.29 is 19.1 Å². The maximum Gasteiger partial charge on any atom is 0.313 e. The predicted octanol–water partition coefficient (Wildman–Crippen LogP) is 0.790. The van der Waals surface area contributed by atoms with Crippen LogP contribution < -0.4 is 15.8 Å². The molecule has 0 bridgehead atoms. The minimum atomic E-state index is -0.840. The summed E-state index contributed by atoms with van der Waals surface area (Å²) in [7, 11) is 1.35. The number of anilines is 1. The second-order valence-electron chi connectivity index (χ2n) is 7.24. The van der Waals surface area contributed by atoms with Crippen LogP contribution in [0.2, 0.25) is 0 Å². The first-order valence-corrected chi connectivity index (χ1v) is 9.99. The third-order valence-electron chi connectivity index (χ3n) is 5.21. The van der Waals surface area contributed by atoms with E-state index in [4.69, 9.17) is 10.5 Å². The van der Waals surface area contributed by atoms with Crippen molar-refractivity contribution in [3.8, 4) is 11.7 Å². The molecule has 0 aliphatic carbocycles. The Bertz CT molecular complexity index is 1140. The number of methoxy groups -OCH3 is 1. The van der Waals surface area contributed by atoms with Gasteiger partial charge in [0.25, 0.3) is 5.91 Å². The van der Waals surface area contributed by atoms with E-state index in [-0.39, 0.29) is 23.2 Å². The molecule has 3 aromatic heterocycles. The predicted molar refractivity (Wildman–Crippen MR) is 112 cm³/mol. The summed E-state index contributed by atoms with van der Waals surface area (Å²) in [5, 5.41) is 13.8. The summed E-state index contributed by atoms with van der Waals surface area (Å²) in [6.45, 7) is 0.432. The second-order valence-corrected chi connectivity index (χ2v) is 7.24. The Morgan fingerprint density at radius 2 is 2.12 bits per heavy atom. The van der Waals surface area contributed by atoms with Crippen LogP contribution in [0.15, 0.2) is 36.8 Å². The lowest BCUT2D eigenvalue weighted by Crippen LogP contribution is -2.44. The monoisotopic (exact) mass is 438 g/mol. The van der Waals surface area contributed by atoms with E-state index < -0.39 is 17.7 Å². The minimum Gasteiger partial charge on any atom is -0.480 e. The van der Waals surface area contributed by atoms with E-state index in [1.807, 2.05) is 6.07 Å². The summed E-state index contributed by atoms with van der Waals surface area (Å²) >= 11 is 0. The van der Waals surface area contributed by atoms with Crippen LogP contribution in [0.3, 0.4) is 0 Å². The molecule has 3 amide bonds. The van der Waals surface area contributed by atoms with E-state index in [0.29, 0.717) is 24.5 Å². The Balaban J connectivity index is 1.51. The molecule has 0 aromatic carbocycles. The van der Waals surface area contributed by atoms with Gasteiger partial charge in [0.05, 0.1) is 36.9 Å². The van der Waals surface area contributed by atoms with Gasteiger partial charge in [-0.05, 0) is 31.4 Å². The van der Waals surface area contributed by atoms with Crippen molar-refractivity contribution in [2.45, 2.75) is 25.3 Å². The van der Waals surface area contributed by atoms with Gasteiger partial charge >= 0.3 is 11.8 Å². The maximum absolute atomic E-state index is 13.0. The number of carbonyl (C=O) groups is 3. The second kappa shape index (κ2) is 8.88. The fraction of sp³-hybridized carbons (Fsp3) is 0.300. The molecule has 4 heterocycles. The van der Waals surface area contributed by atoms with Crippen LogP contribution in [0.1, 0.15) is 41.4 Å². The smallest absolute Gasteiger partial charge is 0.313 e. The Morgan fingerprint density at radius 3 is 2.84 bits per heavy atom. The molecule has 1 atom stereocenters.